The van der Waals surface area contributed by atoms with Crippen LogP contribution < -0.4 is 10.5 Å². The van der Waals surface area contributed by atoms with Gasteiger partial charge >= 0.3 is 0 Å². The van der Waals surface area contributed by atoms with Crippen molar-refractivity contribution in [3.63, 3.8) is 0 Å². The van der Waals surface area contributed by atoms with Crippen molar-refractivity contribution in [3.8, 4) is 11.6 Å². The molecule has 0 aliphatic carbocycles. The third kappa shape index (κ3) is 3.10. The van der Waals surface area contributed by atoms with E-state index in [0.29, 0.717) is 11.6 Å². The first kappa shape index (κ1) is 14.4. The van der Waals surface area contributed by atoms with Gasteiger partial charge in [-0.15, -0.1) is 0 Å². The Morgan fingerprint density at radius 1 is 1.10 bits per heavy atom. The minimum atomic E-state index is 0.129. The number of pyridine rings is 1. The molecule has 0 saturated heterocycles. The van der Waals surface area contributed by atoms with Crippen molar-refractivity contribution in [2.24, 2.45) is 0 Å². The molecular formula is C17H22N2O. The van der Waals surface area contributed by atoms with Gasteiger partial charge in [-0.05, 0) is 48.1 Å². The van der Waals surface area contributed by atoms with E-state index in [1.54, 1.807) is 6.20 Å². The average Bonchev–Trinajstić information content (AvgIpc) is 2.33. The fourth-order valence-corrected chi connectivity index (χ4v) is 2.00. The third-order valence-electron chi connectivity index (χ3n) is 3.26. The maximum absolute atomic E-state index is 5.93. The Balaban J connectivity index is 2.30. The normalized spacial score (nSPS) is 11.4. The zero-order valence-corrected chi connectivity index (χ0v) is 12.8. The molecule has 20 heavy (non-hydrogen) atoms. The van der Waals surface area contributed by atoms with Gasteiger partial charge in [0.05, 0.1) is 5.69 Å². The Kier molecular flexibility index (Phi) is 3.71. The SMILES string of the molecule is Cc1cnc(Oc2ccc(C(C)(C)C)cc2C)c(N)c1. The maximum atomic E-state index is 5.93. The van der Waals surface area contributed by atoms with Gasteiger partial charge in [-0.25, -0.2) is 4.98 Å². The molecule has 0 amide bonds. The van der Waals surface area contributed by atoms with E-state index in [4.69, 9.17) is 10.5 Å². The number of anilines is 1. The molecule has 2 aromatic rings. The summed E-state index contributed by atoms with van der Waals surface area (Å²) in [7, 11) is 0. The number of aromatic nitrogens is 1. The molecule has 0 spiro atoms. The second-order valence-electron chi connectivity index (χ2n) is 6.24. The molecular weight excluding hydrogens is 248 g/mol. The number of nitrogens with two attached hydrogens (primary N) is 1. The third-order valence-corrected chi connectivity index (χ3v) is 3.26. The molecule has 106 valence electrons. The van der Waals surface area contributed by atoms with Gasteiger partial charge in [0.2, 0.25) is 5.88 Å². The molecule has 1 heterocycles. The van der Waals surface area contributed by atoms with Gasteiger partial charge in [-0.2, -0.15) is 0 Å². The van der Waals surface area contributed by atoms with Crippen molar-refractivity contribution in [2.45, 2.75) is 40.0 Å². The van der Waals surface area contributed by atoms with Crippen molar-refractivity contribution in [3.05, 3.63) is 47.2 Å². The Hall–Kier alpha value is -2.03. The van der Waals surface area contributed by atoms with Crippen LogP contribution in [0.15, 0.2) is 30.5 Å². The predicted octanol–water partition coefficient (Wildman–Crippen LogP) is 4.37. The first-order valence-electron chi connectivity index (χ1n) is 6.78. The summed E-state index contributed by atoms with van der Waals surface area (Å²) in [5.41, 5.74) is 10.0. The zero-order chi connectivity index (χ0) is 14.9. The van der Waals surface area contributed by atoms with E-state index in [2.05, 4.69) is 37.9 Å². The first-order valence-corrected chi connectivity index (χ1v) is 6.78. The lowest BCUT2D eigenvalue weighted by Gasteiger charge is -2.20. The Bertz CT molecular complexity index is 627. The second-order valence-corrected chi connectivity index (χ2v) is 6.24. The van der Waals surface area contributed by atoms with E-state index >= 15 is 0 Å². The van der Waals surface area contributed by atoms with Gasteiger partial charge in [0.25, 0.3) is 0 Å². The zero-order valence-electron chi connectivity index (χ0n) is 12.8. The van der Waals surface area contributed by atoms with Crippen LogP contribution >= 0.6 is 0 Å². The van der Waals surface area contributed by atoms with E-state index in [1.807, 2.05) is 26.0 Å². The highest BCUT2D eigenvalue weighted by atomic mass is 16.5. The lowest BCUT2D eigenvalue weighted by Crippen LogP contribution is -2.11. The highest BCUT2D eigenvalue weighted by Crippen LogP contribution is 2.31. The molecule has 1 aromatic heterocycles. The highest BCUT2D eigenvalue weighted by molar-refractivity contribution is 5.52. The molecule has 0 unspecified atom stereocenters. The summed E-state index contributed by atoms with van der Waals surface area (Å²) in [5, 5.41) is 0. The molecule has 3 nitrogen and oxygen atoms in total. The van der Waals surface area contributed by atoms with Crippen LogP contribution in [0.1, 0.15) is 37.5 Å². The smallest absolute Gasteiger partial charge is 0.242 e. The predicted molar refractivity (Wildman–Crippen MR) is 83.3 cm³/mol. The van der Waals surface area contributed by atoms with E-state index in [1.165, 1.54) is 5.56 Å². The van der Waals surface area contributed by atoms with Crippen LogP contribution in [-0.4, -0.2) is 4.98 Å². The van der Waals surface area contributed by atoms with Crippen molar-refractivity contribution in [1.82, 2.24) is 4.98 Å². The lowest BCUT2D eigenvalue weighted by atomic mass is 9.86. The van der Waals surface area contributed by atoms with E-state index in [-0.39, 0.29) is 5.41 Å². The van der Waals surface area contributed by atoms with E-state index in [9.17, 15) is 0 Å². The summed E-state index contributed by atoms with van der Waals surface area (Å²) in [6.07, 6.45) is 1.75. The Labute approximate surface area is 120 Å². The Morgan fingerprint density at radius 2 is 1.80 bits per heavy atom. The first-order chi connectivity index (χ1) is 9.27. The van der Waals surface area contributed by atoms with Crippen LogP contribution in [0.4, 0.5) is 5.69 Å². The van der Waals surface area contributed by atoms with E-state index in [0.717, 1.165) is 16.9 Å². The largest absolute Gasteiger partial charge is 0.437 e. The number of hydrogen-bond acceptors (Lipinski definition) is 3. The minimum Gasteiger partial charge on any atom is -0.437 e. The fraction of sp³-hybridized carbons (Fsp3) is 0.353. The maximum Gasteiger partial charge on any atom is 0.242 e. The molecule has 2 N–H and O–H groups in total. The van der Waals surface area contributed by atoms with Crippen molar-refractivity contribution in [1.29, 1.82) is 0 Å². The summed E-state index contributed by atoms with van der Waals surface area (Å²) in [4.78, 5) is 4.24. The fourth-order valence-electron chi connectivity index (χ4n) is 2.00. The van der Waals surface area contributed by atoms with E-state index < -0.39 is 0 Å². The summed E-state index contributed by atoms with van der Waals surface area (Å²) >= 11 is 0. The van der Waals surface area contributed by atoms with Crippen molar-refractivity contribution >= 4 is 5.69 Å². The van der Waals surface area contributed by atoms with Crippen molar-refractivity contribution < 1.29 is 4.74 Å². The minimum absolute atomic E-state index is 0.129. The van der Waals surface area contributed by atoms with Gasteiger partial charge in [0.1, 0.15) is 5.75 Å². The van der Waals surface area contributed by atoms with Crippen LogP contribution in [0.5, 0.6) is 11.6 Å². The van der Waals surface area contributed by atoms with Gasteiger partial charge < -0.3 is 10.5 Å². The second kappa shape index (κ2) is 5.16. The van der Waals surface area contributed by atoms with Crippen LogP contribution in [0.3, 0.4) is 0 Å². The molecule has 0 saturated carbocycles. The molecule has 0 atom stereocenters. The molecule has 0 bridgehead atoms. The molecule has 3 heteroatoms. The monoisotopic (exact) mass is 270 g/mol. The number of ether oxygens (including phenoxy) is 1. The quantitative estimate of drug-likeness (QED) is 0.881. The number of nitrogen functional groups attached to an aromatic ring is 1. The van der Waals surface area contributed by atoms with Gasteiger partial charge in [0, 0.05) is 6.20 Å². The number of benzene rings is 1. The molecule has 0 aliphatic heterocycles. The summed E-state index contributed by atoms with van der Waals surface area (Å²) in [5.74, 6) is 1.25. The number of nitrogens with zero attached hydrogens (tertiary/aromatic N) is 1. The van der Waals surface area contributed by atoms with Crippen LogP contribution in [0.25, 0.3) is 0 Å². The number of rotatable bonds is 2. The van der Waals surface area contributed by atoms with Crippen LogP contribution in [-0.2, 0) is 5.41 Å². The number of hydrogen-bond donors (Lipinski definition) is 1. The molecule has 1 aromatic carbocycles. The molecule has 0 fully saturated rings. The van der Waals surface area contributed by atoms with Crippen LogP contribution in [0, 0.1) is 13.8 Å². The topological polar surface area (TPSA) is 48.1 Å². The average molecular weight is 270 g/mol. The van der Waals surface area contributed by atoms with Crippen LogP contribution in [0.2, 0.25) is 0 Å². The highest BCUT2D eigenvalue weighted by Gasteiger charge is 2.15. The van der Waals surface area contributed by atoms with Gasteiger partial charge in [-0.3, -0.25) is 0 Å². The Morgan fingerprint density at radius 3 is 2.35 bits per heavy atom. The standard InChI is InChI=1S/C17H22N2O/c1-11-8-14(18)16(19-10-11)20-15-7-6-13(9-12(15)2)17(3,4)5/h6-10H,18H2,1-5H3. The summed E-state index contributed by atoms with van der Waals surface area (Å²) < 4.78 is 5.83. The summed E-state index contributed by atoms with van der Waals surface area (Å²) in [6.45, 7) is 10.6. The van der Waals surface area contributed by atoms with Crippen molar-refractivity contribution in [2.75, 3.05) is 5.73 Å². The van der Waals surface area contributed by atoms with Gasteiger partial charge in [0.15, 0.2) is 0 Å². The summed E-state index contributed by atoms with van der Waals surface area (Å²) in [6, 6.07) is 8.09. The molecule has 0 radical (unpaired) electrons. The molecule has 2 rings (SSSR count). The lowest BCUT2D eigenvalue weighted by molar-refractivity contribution is 0.460. The molecule has 0 aliphatic rings. The number of aryl methyl sites for hydroxylation is 2. The van der Waals surface area contributed by atoms with Gasteiger partial charge in [-0.1, -0.05) is 32.9 Å².